The quantitative estimate of drug-likeness (QED) is 0.195. The van der Waals surface area contributed by atoms with E-state index >= 15 is 0 Å². The minimum absolute atomic E-state index is 0.00596. The molecule has 0 bridgehead atoms. The van der Waals surface area contributed by atoms with E-state index in [2.05, 4.69) is 40.7 Å². The number of hydrogen-bond donors (Lipinski definition) is 0. The number of carbonyl (C=O) groups is 2. The van der Waals surface area contributed by atoms with Crippen molar-refractivity contribution < 1.29 is 14.3 Å². The Morgan fingerprint density at radius 2 is 1.88 bits per heavy atom. The lowest BCUT2D eigenvalue weighted by Crippen LogP contribution is -2.51. The molecule has 4 aliphatic rings. The minimum atomic E-state index is -0.206. The smallest absolute Gasteiger partial charge is 0.306 e. The van der Waals surface area contributed by atoms with Crippen LogP contribution in [0.15, 0.2) is 11.6 Å². The SMILES string of the molecule is CC(C)CCCC(C)C1CCC2C3CC=C4CC(OC(=O)CCC=O)CCC4(C)C3CCC12C. The number of carbonyl (C=O) groups excluding carboxylic acids is 2. The largest absolute Gasteiger partial charge is 0.462 e. The van der Waals surface area contributed by atoms with Crippen molar-refractivity contribution in [1.82, 2.24) is 0 Å². The molecule has 0 radical (unpaired) electrons. The normalized spacial score (nSPS) is 40.1. The van der Waals surface area contributed by atoms with Crippen molar-refractivity contribution in [2.75, 3.05) is 0 Å². The highest BCUT2D eigenvalue weighted by molar-refractivity contribution is 5.72. The molecule has 0 aromatic rings. The molecule has 4 aliphatic carbocycles. The van der Waals surface area contributed by atoms with Crippen LogP contribution in [0.1, 0.15) is 118 Å². The van der Waals surface area contributed by atoms with Gasteiger partial charge in [-0.15, -0.1) is 0 Å². The number of hydrogen-bond acceptors (Lipinski definition) is 3. The Bertz CT molecular complexity index is 769. The van der Waals surface area contributed by atoms with E-state index in [1.807, 2.05) is 0 Å². The fraction of sp³-hybridized carbons (Fsp3) is 0.871. The van der Waals surface area contributed by atoms with Gasteiger partial charge in [0.05, 0.1) is 6.42 Å². The number of fused-ring (bicyclic) bond motifs is 5. The molecule has 3 nitrogen and oxygen atoms in total. The lowest BCUT2D eigenvalue weighted by Gasteiger charge is -2.58. The van der Waals surface area contributed by atoms with E-state index in [0.717, 1.165) is 61.1 Å². The third kappa shape index (κ3) is 4.92. The molecule has 0 aliphatic heterocycles. The van der Waals surface area contributed by atoms with Gasteiger partial charge in [0.2, 0.25) is 0 Å². The van der Waals surface area contributed by atoms with Gasteiger partial charge in [-0.2, -0.15) is 0 Å². The lowest BCUT2D eigenvalue weighted by atomic mass is 9.47. The second-order valence-electron chi connectivity index (χ2n) is 13.3. The number of esters is 1. The first-order valence-corrected chi connectivity index (χ1v) is 14.5. The first-order chi connectivity index (χ1) is 16.2. The molecule has 3 heteroatoms. The molecular formula is C31H50O3. The fourth-order valence-corrected chi connectivity index (χ4v) is 9.17. The molecule has 4 rings (SSSR count). The maximum atomic E-state index is 12.1. The Labute approximate surface area is 208 Å². The van der Waals surface area contributed by atoms with Crippen LogP contribution in [0.3, 0.4) is 0 Å². The number of aldehydes is 1. The summed E-state index contributed by atoms with van der Waals surface area (Å²) >= 11 is 0. The van der Waals surface area contributed by atoms with Gasteiger partial charge >= 0.3 is 5.97 Å². The van der Waals surface area contributed by atoms with Gasteiger partial charge in [0.25, 0.3) is 0 Å². The molecule has 0 aromatic heterocycles. The standard InChI is InChI=1S/C31H50O3/c1-21(2)8-6-9-22(3)26-13-14-27-25-12-11-23-20-24(34-29(33)10-7-19-32)15-17-30(23,4)28(25)16-18-31(26,27)5/h11,19,21-22,24-28H,6-10,12-18,20H2,1-5H3. The van der Waals surface area contributed by atoms with Crippen molar-refractivity contribution in [2.45, 2.75) is 124 Å². The molecule has 0 spiro atoms. The number of allylic oxidation sites excluding steroid dienone is 1. The first kappa shape index (κ1) is 26.0. The van der Waals surface area contributed by atoms with Gasteiger partial charge in [0.15, 0.2) is 0 Å². The predicted molar refractivity (Wildman–Crippen MR) is 138 cm³/mol. The van der Waals surface area contributed by atoms with Crippen LogP contribution >= 0.6 is 0 Å². The van der Waals surface area contributed by atoms with Crippen LogP contribution in [0, 0.1) is 46.3 Å². The van der Waals surface area contributed by atoms with Crippen molar-refractivity contribution in [1.29, 1.82) is 0 Å². The summed E-state index contributed by atoms with van der Waals surface area (Å²) in [5, 5.41) is 0. The van der Waals surface area contributed by atoms with E-state index in [4.69, 9.17) is 4.74 Å². The zero-order valence-electron chi connectivity index (χ0n) is 22.6. The highest BCUT2D eigenvalue weighted by atomic mass is 16.5. The lowest BCUT2D eigenvalue weighted by molar-refractivity contribution is -0.152. The van der Waals surface area contributed by atoms with Crippen molar-refractivity contribution in [2.24, 2.45) is 46.3 Å². The summed E-state index contributed by atoms with van der Waals surface area (Å²) in [5.41, 5.74) is 2.39. The van der Waals surface area contributed by atoms with Gasteiger partial charge in [-0.1, -0.05) is 65.5 Å². The molecule has 0 heterocycles. The van der Waals surface area contributed by atoms with Crippen molar-refractivity contribution >= 4 is 12.3 Å². The van der Waals surface area contributed by atoms with Gasteiger partial charge in [0, 0.05) is 12.8 Å². The Hall–Kier alpha value is -1.12. The monoisotopic (exact) mass is 470 g/mol. The Morgan fingerprint density at radius 1 is 1.09 bits per heavy atom. The van der Waals surface area contributed by atoms with E-state index in [0.29, 0.717) is 5.41 Å². The highest BCUT2D eigenvalue weighted by Crippen LogP contribution is 2.67. The first-order valence-electron chi connectivity index (χ1n) is 14.5. The van der Waals surface area contributed by atoms with Gasteiger partial charge < -0.3 is 9.53 Å². The van der Waals surface area contributed by atoms with Gasteiger partial charge in [-0.25, -0.2) is 0 Å². The van der Waals surface area contributed by atoms with Crippen LogP contribution in [0.5, 0.6) is 0 Å². The zero-order chi connectivity index (χ0) is 24.5. The summed E-state index contributed by atoms with van der Waals surface area (Å²) in [6, 6.07) is 0. The second-order valence-corrected chi connectivity index (χ2v) is 13.3. The van der Waals surface area contributed by atoms with E-state index in [1.54, 1.807) is 5.57 Å². The molecule has 0 amide bonds. The zero-order valence-corrected chi connectivity index (χ0v) is 22.6. The summed E-state index contributed by atoms with van der Waals surface area (Å²) < 4.78 is 5.76. The van der Waals surface area contributed by atoms with Crippen molar-refractivity contribution in [3.05, 3.63) is 11.6 Å². The van der Waals surface area contributed by atoms with E-state index in [-0.39, 0.29) is 30.3 Å². The number of rotatable bonds is 9. The molecule has 8 unspecified atom stereocenters. The number of ether oxygens (including phenoxy) is 1. The van der Waals surface area contributed by atoms with Crippen LogP contribution in [0.2, 0.25) is 0 Å². The molecule has 3 fully saturated rings. The maximum Gasteiger partial charge on any atom is 0.306 e. The topological polar surface area (TPSA) is 43.4 Å². The third-order valence-corrected chi connectivity index (χ3v) is 11.0. The summed E-state index contributed by atoms with van der Waals surface area (Å²) in [5.74, 6) is 4.92. The molecule has 0 N–H and O–H groups in total. The summed E-state index contributed by atoms with van der Waals surface area (Å²) in [4.78, 5) is 22.7. The molecule has 192 valence electrons. The van der Waals surface area contributed by atoms with Gasteiger partial charge in [-0.3, -0.25) is 4.79 Å². The van der Waals surface area contributed by atoms with E-state index in [1.165, 1.54) is 51.4 Å². The second kappa shape index (κ2) is 10.5. The van der Waals surface area contributed by atoms with Crippen LogP contribution in [-0.4, -0.2) is 18.4 Å². The van der Waals surface area contributed by atoms with Crippen molar-refractivity contribution in [3.63, 3.8) is 0 Å². The van der Waals surface area contributed by atoms with Crippen molar-refractivity contribution in [3.8, 4) is 0 Å². The minimum Gasteiger partial charge on any atom is -0.462 e. The molecule has 0 saturated heterocycles. The van der Waals surface area contributed by atoms with Crippen LogP contribution in [-0.2, 0) is 14.3 Å². The summed E-state index contributed by atoms with van der Waals surface area (Å²) in [6.07, 6.45) is 18.0. The van der Waals surface area contributed by atoms with Gasteiger partial charge in [0.1, 0.15) is 12.4 Å². The summed E-state index contributed by atoms with van der Waals surface area (Å²) in [6.45, 7) is 12.5. The predicted octanol–water partition coefficient (Wildman–Crippen LogP) is 7.92. The Balaban J connectivity index is 1.42. The highest BCUT2D eigenvalue weighted by Gasteiger charge is 2.59. The van der Waals surface area contributed by atoms with Crippen LogP contribution in [0.25, 0.3) is 0 Å². The average Bonchev–Trinajstić information content (AvgIpc) is 3.15. The van der Waals surface area contributed by atoms with E-state index in [9.17, 15) is 9.59 Å². The molecule has 3 saturated carbocycles. The fourth-order valence-electron chi connectivity index (χ4n) is 9.17. The Morgan fingerprint density at radius 3 is 2.62 bits per heavy atom. The van der Waals surface area contributed by atoms with Gasteiger partial charge in [-0.05, 0) is 91.3 Å². The summed E-state index contributed by atoms with van der Waals surface area (Å²) in [7, 11) is 0. The Kier molecular flexibility index (Phi) is 7.99. The van der Waals surface area contributed by atoms with Crippen LogP contribution < -0.4 is 0 Å². The molecular weight excluding hydrogens is 420 g/mol. The van der Waals surface area contributed by atoms with Crippen LogP contribution in [0.4, 0.5) is 0 Å². The molecule has 8 atom stereocenters. The average molecular weight is 471 g/mol. The molecule has 34 heavy (non-hydrogen) atoms. The third-order valence-electron chi connectivity index (χ3n) is 11.0. The molecule has 0 aromatic carbocycles. The maximum absolute atomic E-state index is 12.1. The van der Waals surface area contributed by atoms with E-state index < -0.39 is 0 Å².